The normalized spacial score (nSPS) is 13.7. The molecule has 0 rings (SSSR count). The van der Waals surface area contributed by atoms with E-state index in [9.17, 15) is 0 Å². The lowest BCUT2D eigenvalue weighted by Crippen LogP contribution is -1.82. The van der Waals surface area contributed by atoms with Crippen molar-refractivity contribution in [2.24, 2.45) is 0 Å². The van der Waals surface area contributed by atoms with Gasteiger partial charge in [0, 0.05) is 0 Å². The van der Waals surface area contributed by atoms with Gasteiger partial charge in [-0.3, -0.25) is 0 Å². The Balaban J connectivity index is 4.31. The van der Waals surface area contributed by atoms with E-state index >= 15 is 0 Å². The van der Waals surface area contributed by atoms with E-state index in [0.717, 1.165) is 0 Å². The molecule has 0 saturated heterocycles. The predicted molar refractivity (Wildman–Crippen MR) is 74.0 cm³/mol. The Bertz CT molecular complexity index is 169. The third-order valence-electron chi connectivity index (χ3n) is 1.60. The van der Waals surface area contributed by atoms with Gasteiger partial charge in [-0.1, -0.05) is 55.4 Å². The summed E-state index contributed by atoms with van der Waals surface area (Å²) in [5.41, 5.74) is 1.52. The van der Waals surface area contributed by atoms with E-state index in [1.165, 1.54) is 34.8 Å². The van der Waals surface area contributed by atoms with E-state index in [4.69, 9.17) is 0 Å². The van der Waals surface area contributed by atoms with Crippen LogP contribution in [0.4, 0.5) is 0 Å². The largest absolute Gasteiger partial charge is 0.0651 e. The van der Waals surface area contributed by atoms with Crippen molar-refractivity contribution in [3.05, 3.63) is 19.3 Å². The Morgan fingerprint density at radius 2 is 1.75 bits per heavy atom. The molecule has 0 N–H and O–H groups in total. The lowest BCUT2D eigenvalue weighted by molar-refractivity contribution is 0.891. The first kappa shape index (κ1) is 12.9. The van der Waals surface area contributed by atoms with Crippen molar-refractivity contribution in [3.8, 4) is 0 Å². The number of hydrogen-bond acceptors (Lipinski definition) is 0. The molecular weight excluding hydrogens is 374 g/mol. The van der Waals surface area contributed by atoms with Gasteiger partial charge in [-0.2, -0.15) is 0 Å². The SMILES string of the molecule is CCC/C(I)=C(/C=C\I)CCC. The summed E-state index contributed by atoms with van der Waals surface area (Å²) in [4.78, 5) is 0. The van der Waals surface area contributed by atoms with Crippen LogP contribution in [-0.2, 0) is 0 Å². The summed E-state index contributed by atoms with van der Waals surface area (Å²) in [6.45, 7) is 4.47. The molecule has 0 aromatic carbocycles. The van der Waals surface area contributed by atoms with Gasteiger partial charge in [-0.25, -0.2) is 0 Å². The van der Waals surface area contributed by atoms with E-state index in [1.807, 2.05) is 0 Å². The van der Waals surface area contributed by atoms with Gasteiger partial charge in [-0.05, 0) is 48.7 Å². The zero-order valence-electron chi connectivity index (χ0n) is 7.74. The van der Waals surface area contributed by atoms with Gasteiger partial charge in [0.25, 0.3) is 0 Å². The van der Waals surface area contributed by atoms with Crippen molar-refractivity contribution in [1.29, 1.82) is 0 Å². The zero-order chi connectivity index (χ0) is 9.40. The Morgan fingerprint density at radius 1 is 1.17 bits per heavy atom. The van der Waals surface area contributed by atoms with Crippen molar-refractivity contribution in [1.82, 2.24) is 0 Å². The molecule has 0 amide bonds. The molecule has 0 aliphatic rings. The molecule has 0 aromatic heterocycles. The van der Waals surface area contributed by atoms with Crippen LogP contribution in [0, 0.1) is 0 Å². The van der Waals surface area contributed by atoms with Crippen LogP contribution >= 0.6 is 45.2 Å². The van der Waals surface area contributed by atoms with Gasteiger partial charge in [0.1, 0.15) is 0 Å². The maximum atomic E-state index is 2.48. The smallest absolute Gasteiger partial charge is 0.00620 e. The fourth-order valence-corrected chi connectivity index (χ4v) is 2.46. The van der Waals surface area contributed by atoms with Crippen LogP contribution in [0.15, 0.2) is 19.3 Å². The summed E-state index contributed by atoms with van der Waals surface area (Å²) < 4.78 is 3.64. The maximum Gasteiger partial charge on any atom is -0.00620 e. The summed E-state index contributed by atoms with van der Waals surface area (Å²) in [5.74, 6) is 0. The van der Waals surface area contributed by atoms with Crippen LogP contribution in [0.5, 0.6) is 0 Å². The highest BCUT2D eigenvalue weighted by atomic mass is 127. The molecule has 12 heavy (non-hydrogen) atoms. The van der Waals surface area contributed by atoms with E-state index < -0.39 is 0 Å². The van der Waals surface area contributed by atoms with E-state index in [2.05, 4.69) is 69.2 Å². The summed E-state index contributed by atoms with van der Waals surface area (Å²) >= 11 is 4.76. The molecule has 2 heteroatoms. The number of hydrogen-bond donors (Lipinski definition) is 0. The molecule has 0 aromatic rings. The molecule has 0 aliphatic carbocycles. The summed E-state index contributed by atoms with van der Waals surface area (Å²) in [7, 11) is 0. The van der Waals surface area contributed by atoms with Crippen molar-refractivity contribution < 1.29 is 0 Å². The molecule has 0 heterocycles. The molecule has 0 bridgehead atoms. The Hall–Kier alpha value is 0.940. The molecular formula is C10H16I2. The summed E-state index contributed by atoms with van der Waals surface area (Å²) in [6, 6.07) is 0. The number of rotatable bonds is 5. The van der Waals surface area contributed by atoms with Gasteiger partial charge in [0.15, 0.2) is 0 Å². The minimum atomic E-state index is 1.22. The van der Waals surface area contributed by atoms with Crippen LogP contribution in [0.25, 0.3) is 0 Å². The van der Waals surface area contributed by atoms with Crippen molar-refractivity contribution in [2.45, 2.75) is 39.5 Å². The van der Waals surface area contributed by atoms with Gasteiger partial charge in [0.2, 0.25) is 0 Å². The first-order chi connectivity index (χ1) is 5.76. The Morgan fingerprint density at radius 3 is 2.17 bits per heavy atom. The van der Waals surface area contributed by atoms with Crippen LogP contribution in [0.3, 0.4) is 0 Å². The lowest BCUT2D eigenvalue weighted by atomic mass is 10.1. The highest BCUT2D eigenvalue weighted by Crippen LogP contribution is 2.23. The van der Waals surface area contributed by atoms with Crippen LogP contribution in [0.2, 0.25) is 0 Å². The van der Waals surface area contributed by atoms with Gasteiger partial charge in [-0.15, -0.1) is 0 Å². The molecule has 0 spiro atoms. The van der Waals surface area contributed by atoms with E-state index in [0.29, 0.717) is 0 Å². The minimum absolute atomic E-state index is 1.22. The van der Waals surface area contributed by atoms with Crippen LogP contribution in [-0.4, -0.2) is 0 Å². The summed E-state index contributed by atoms with van der Waals surface area (Å²) in [5, 5.41) is 0. The molecule has 0 radical (unpaired) electrons. The third kappa shape index (κ3) is 5.56. The predicted octanol–water partition coefficient (Wildman–Crippen LogP) is 5.22. The highest BCUT2D eigenvalue weighted by Gasteiger charge is 1.98. The third-order valence-corrected chi connectivity index (χ3v) is 3.19. The second kappa shape index (κ2) is 8.53. The Kier molecular flexibility index (Phi) is 9.20. The maximum absolute atomic E-state index is 2.48. The van der Waals surface area contributed by atoms with E-state index in [-0.39, 0.29) is 0 Å². The van der Waals surface area contributed by atoms with Crippen molar-refractivity contribution in [2.75, 3.05) is 0 Å². The van der Waals surface area contributed by atoms with Gasteiger partial charge in [0.05, 0.1) is 0 Å². The lowest BCUT2D eigenvalue weighted by Gasteiger charge is -2.04. The molecule has 0 atom stereocenters. The molecule has 0 nitrogen and oxygen atoms in total. The molecule has 0 fully saturated rings. The molecule has 0 unspecified atom stereocenters. The van der Waals surface area contributed by atoms with Gasteiger partial charge < -0.3 is 0 Å². The topological polar surface area (TPSA) is 0 Å². The quantitative estimate of drug-likeness (QED) is 0.446. The van der Waals surface area contributed by atoms with Crippen LogP contribution < -0.4 is 0 Å². The van der Waals surface area contributed by atoms with Crippen molar-refractivity contribution >= 4 is 45.2 Å². The second-order valence-corrected chi connectivity index (χ2v) is 4.74. The summed E-state index contributed by atoms with van der Waals surface area (Å²) in [6.07, 6.45) is 7.18. The highest BCUT2D eigenvalue weighted by molar-refractivity contribution is 14.1. The number of allylic oxidation sites excluding steroid dienone is 3. The molecule has 0 saturated carbocycles. The minimum Gasteiger partial charge on any atom is -0.0651 e. The van der Waals surface area contributed by atoms with Crippen molar-refractivity contribution in [3.63, 3.8) is 0 Å². The van der Waals surface area contributed by atoms with Crippen LogP contribution in [0.1, 0.15) is 39.5 Å². The monoisotopic (exact) mass is 390 g/mol. The molecule has 70 valence electrons. The number of halogens is 2. The van der Waals surface area contributed by atoms with E-state index in [1.54, 1.807) is 0 Å². The first-order valence-corrected chi connectivity index (χ1v) is 6.72. The first-order valence-electron chi connectivity index (χ1n) is 4.40. The standard InChI is InChI=1S/C10H16I2/c1-3-5-9(7-8-11)10(12)6-4-2/h7-8H,3-6H2,1-2H3/b8-7-,10-9-. The Labute approximate surface area is 103 Å². The fourth-order valence-electron chi connectivity index (χ4n) is 1.03. The average molecular weight is 390 g/mol. The molecule has 0 aliphatic heterocycles. The fraction of sp³-hybridized carbons (Fsp3) is 0.600. The zero-order valence-corrected chi connectivity index (χ0v) is 12.1. The average Bonchev–Trinajstić information content (AvgIpc) is 2.04. The second-order valence-electron chi connectivity index (χ2n) is 2.72. The van der Waals surface area contributed by atoms with Gasteiger partial charge >= 0.3 is 0 Å².